The van der Waals surface area contributed by atoms with Crippen LogP contribution in [0.2, 0.25) is 0 Å². The Labute approximate surface area is 358 Å². The van der Waals surface area contributed by atoms with Crippen LogP contribution in [-0.2, 0) is 47.5 Å². The third kappa shape index (κ3) is 13.0. The lowest BCUT2D eigenvalue weighted by Crippen LogP contribution is -2.61. The van der Waals surface area contributed by atoms with Gasteiger partial charge in [0.1, 0.15) is 35.3 Å². The molecule has 4 N–H and O–H groups in total. The molecular weight excluding hydrogens is 780 g/mol. The van der Waals surface area contributed by atoms with Crippen LogP contribution in [0.25, 0.3) is 0 Å². The Balaban J connectivity index is 2.10. The lowest BCUT2D eigenvalue weighted by atomic mass is 9.74. The normalized spacial score (nSPS) is 42.6. The second kappa shape index (κ2) is 22.6. The number of likely N-dealkylation sites (N-methyl/N-ethyl adjacent to an activating group) is 1. The molecule has 2 saturated heterocycles. The van der Waals surface area contributed by atoms with Gasteiger partial charge in [-0.25, -0.2) is 4.79 Å². The van der Waals surface area contributed by atoms with Crippen LogP contribution in [-0.4, -0.2) is 164 Å². The van der Waals surface area contributed by atoms with Crippen molar-refractivity contribution in [2.75, 3.05) is 48.1 Å². The number of rotatable bonds is 14. The number of cyclic esters (lactones) is 1. The van der Waals surface area contributed by atoms with Crippen LogP contribution in [0, 0.1) is 23.7 Å². The number of nitrogens with one attached hydrogen (secondary N) is 1. The number of carbonyl (C=O) groups excluding carboxylic acids is 3. The summed E-state index contributed by atoms with van der Waals surface area (Å²) >= 11 is 0. The summed E-state index contributed by atoms with van der Waals surface area (Å²) in [7, 11) is 6.72. The third-order valence-electron chi connectivity index (χ3n) is 13.3. The molecule has 2 heterocycles. The molecule has 0 aromatic rings. The second-order valence-electron chi connectivity index (χ2n) is 18.7. The molecule has 60 heavy (non-hydrogen) atoms. The summed E-state index contributed by atoms with van der Waals surface area (Å²) in [5, 5.41) is 38.2. The van der Waals surface area contributed by atoms with Crippen molar-refractivity contribution in [2.45, 2.75) is 192 Å². The summed E-state index contributed by atoms with van der Waals surface area (Å²) in [6, 6.07) is -0.286. The van der Waals surface area contributed by atoms with E-state index < -0.39 is 95.6 Å². The van der Waals surface area contributed by atoms with Gasteiger partial charge in [0.2, 0.25) is 0 Å². The molecule has 1 saturated carbocycles. The van der Waals surface area contributed by atoms with E-state index in [1.165, 1.54) is 21.1 Å². The largest absolute Gasteiger partial charge is 0.459 e. The van der Waals surface area contributed by atoms with E-state index in [4.69, 9.17) is 37.9 Å². The van der Waals surface area contributed by atoms with Crippen molar-refractivity contribution in [3.8, 4) is 0 Å². The summed E-state index contributed by atoms with van der Waals surface area (Å²) < 4.78 is 49.5. The predicted molar refractivity (Wildman–Crippen MR) is 223 cm³/mol. The third-order valence-corrected chi connectivity index (χ3v) is 13.3. The van der Waals surface area contributed by atoms with E-state index in [0.29, 0.717) is 39.0 Å². The molecular formula is C44H80N2O14. The van der Waals surface area contributed by atoms with Crippen LogP contribution < -0.4 is 5.32 Å². The first-order valence-electron chi connectivity index (χ1n) is 22.1. The van der Waals surface area contributed by atoms with Gasteiger partial charge in [0, 0.05) is 64.7 Å². The molecule has 3 rings (SSSR count). The average molecular weight is 861 g/mol. The first-order chi connectivity index (χ1) is 28.0. The quantitative estimate of drug-likeness (QED) is 0.144. The number of hydrogen-bond donors (Lipinski definition) is 4. The van der Waals surface area contributed by atoms with Crippen molar-refractivity contribution < 1.29 is 67.6 Å². The summed E-state index contributed by atoms with van der Waals surface area (Å²) in [4.78, 5) is 43.2. The number of Topliss-reactive ketones (excluding diaryl/α,β-unsaturated/α-hetero) is 1. The zero-order chi connectivity index (χ0) is 45.3. The van der Waals surface area contributed by atoms with Gasteiger partial charge < -0.3 is 63.4 Å². The molecule has 0 radical (unpaired) electrons. The molecule has 3 fully saturated rings. The molecule has 3 aliphatic rings. The number of carbonyl (C=O) groups is 3. The van der Waals surface area contributed by atoms with Gasteiger partial charge in [-0.1, -0.05) is 27.7 Å². The molecule has 17 atom stereocenters. The van der Waals surface area contributed by atoms with Crippen LogP contribution >= 0.6 is 0 Å². The van der Waals surface area contributed by atoms with Crippen LogP contribution in [0.15, 0.2) is 0 Å². The molecule has 0 unspecified atom stereocenters. The van der Waals surface area contributed by atoms with Crippen molar-refractivity contribution in [3.63, 3.8) is 0 Å². The number of esters is 1. The highest BCUT2D eigenvalue weighted by Gasteiger charge is 2.53. The minimum absolute atomic E-state index is 0.0670. The van der Waals surface area contributed by atoms with E-state index in [9.17, 15) is 29.7 Å². The van der Waals surface area contributed by atoms with Gasteiger partial charge >= 0.3 is 12.1 Å². The van der Waals surface area contributed by atoms with Crippen molar-refractivity contribution in [3.05, 3.63) is 0 Å². The molecule has 0 bridgehead atoms. The van der Waals surface area contributed by atoms with Gasteiger partial charge in [-0.05, 0) is 93.7 Å². The van der Waals surface area contributed by atoms with E-state index in [2.05, 4.69) is 5.32 Å². The Morgan fingerprint density at radius 3 is 2.20 bits per heavy atom. The second-order valence-corrected chi connectivity index (χ2v) is 18.7. The van der Waals surface area contributed by atoms with Crippen molar-refractivity contribution in [2.24, 2.45) is 23.7 Å². The smallest absolute Gasteiger partial charge is 0.407 e. The van der Waals surface area contributed by atoms with E-state index in [-0.39, 0.29) is 49.5 Å². The van der Waals surface area contributed by atoms with E-state index in [1.807, 2.05) is 53.6 Å². The Kier molecular flexibility index (Phi) is 19.7. The number of methoxy groups -OCH3 is 2. The molecule has 16 nitrogen and oxygen atoms in total. The average Bonchev–Trinajstić information content (AvgIpc) is 3.17. The molecule has 0 aromatic carbocycles. The van der Waals surface area contributed by atoms with Crippen molar-refractivity contribution >= 4 is 17.8 Å². The SMILES string of the molecule is CCOCCCNC(=O)O[C@H]1[C@H](C)C[C@@H](O[C@H]2[C@H](C)[C@@H](O[C@@H]3O[C@H](C)C[C@H](N(C)C)[C@H]3O)[C@@](C)(OC)C[C@@H](C)C(=O)C[C@@H](OC)[C@](C)(O)[C@@H](CC)OC(=O)[C@@H]2C)C[C@@]1(C)O. The molecule has 1 aliphatic carbocycles. The fourth-order valence-electron chi connectivity index (χ4n) is 9.69. The first kappa shape index (κ1) is 52.4. The van der Waals surface area contributed by atoms with Gasteiger partial charge in [0.25, 0.3) is 0 Å². The topological polar surface area (TPSA) is 201 Å². The van der Waals surface area contributed by atoms with E-state index in [0.717, 1.165) is 0 Å². The van der Waals surface area contributed by atoms with Crippen LogP contribution in [0.5, 0.6) is 0 Å². The Morgan fingerprint density at radius 1 is 0.967 bits per heavy atom. The minimum Gasteiger partial charge on any atom is -0.459 e. The van der Waals surface area contributed by atoms with Crippen LogP contribution in [0.1, 0.15) is 114 Å². The maximum atomic E-state index is 14.4. The van der Waals surface area contributed by atoms with Crippen molar-refractivity contribution in [1.82, 2.24) is 10.2 Å². The Bertz CT molecular complexity index is 1370. The Hall–Kier alpha value is -1.99. The van der Waals surface area contributed by atoms with Gasteiger partial charge in [-0.15, -0.1) is 0 Å². The fraction of sp³-hybridized carbons (Fsp3) is 0.932. The Morgan fingerprint density at radius 2 is 1.63 bits per heavy atom. The molecule has 0 aromatic heterocycles. The number of ketones is 1. The zero-order valence-electron chi connectivity index (χ0n) is 38.9. The standard InChI is InChI=1S/C44H80N2O14/c1-15-33-44(10,52)34(53-13)22-32(47)26(4)23-43(9,54-14)38(59-40-35(48)31(46(11)12)21-27(5)56-40)28(6)36(29(7)39(49)58-33)57-30-20-25(3)37(42(8,51)24-30)60-41(50)45-18-17-19-55-16-2/h25-31,33-38,40,48,51-52H,15-24H2,1-14H3,(H,45,50)/t25-,26-,27-,28+,29-,30-,31+,33-,34-,35-,36+,37+,38-,40+,42-,43+,44-/m1/s1. The van der Waals surface area contributed by atoms with Crippen LogP contribution in [0.4, 0.5) is 4.79 Å². The summed E-state index contributed by atoms with van der Waals surface area (Å²) in [5.41, 5.74) is -4.46. The fourth-order valence-corrected chi connectivity index (χ4v) is 9.69. The number of hydrogen-bond acceptors (Lipinski definition) is 15. The molecule has 16 heteroatoms. The highest BCUT2D eigenvalue weighted by atomic mass is 16.7. The van der Waals surface area contributed by atoms with Gasteiger partial charge in [0.15, 0.2) is 6.29 Å². The van der Waals surface area contributed by atoms with E-state index >= 15 is 0 Å². The number of ether oxygens (including phenoxy) is 8. The molecule has 2 aliphatic heterocycles. The molecule has 0 spiro atoms. The summed E-state index contributed by atoms with van der Waals surface area (Å²) in [6.45, 7) is 19.2. The first-order valence-corrected chi connectivity index (χ1v) is 22.1. The minimum atomic E-state index is -1.73. The lowest BCUT2D eigenvalue weighted by molar-refractivity contribution is -0.304. The molecule has 1 amide bonds. The van der Waals surface area contributed by atoms with Crippen LogP contribution in [0.3, 0.4) is 0 Å². The highest BCUT2D eigenvalue weighted by molar-refractivity contribution is 5.81. The highest BCUT2D eigenvalue weighted by Crippen LogP contribution is 2.42. The molecule has 350 valence electrons. The maximum Gasteiger partial charge on any atom is 0.407 e. The van der Waals surface area contributed by atoms with E-state index in [1.54, 1.807) is 27.7 Å². The van der Waals surface area contributed by atoms with Gasteiger partial charge in [-0.3, -0.25) is 9.59 Å². The van der Waals surface area contributed by atoms with Crippen molar-refractivity contribution in [1.29, 1.82) is 0 Å². The number of alkyl carbamates (subject to hydrolysis) is 1. The number of aliphatic hydroxyl groups is 3. The number of amides is 1. The van der Waals surface area contributed by atoms with Gasteiger partial charge in [-0.2, -0.15) is 0 Å². The summed E-state index contributed by atoms with van der Waals surface area (Å²) in [6.07, 6.45) is -6.61. The monoisotopic (exact) mass is 861 g/mol. The lowest BCUT2D eigenvalue weighted by Gasteiger charge is -2.49. The zero-order valence-corrected chi connectivity index (χ0v) is 38.9. The number of aliphatic hydroxyl groups excluding tert-OH is 1. The number of nitrogens with zero attached hydrogens (tertiary/aromatic N) is 1. The predicted octanol–water partition coefficient (Wildman–Crippen LogP) is 4.02. The van der Waals surface area contributed by atoms with Gasteiger partial charge in [0.05, 0.1) is 42.0 Å². The summed E-state index contributed by atoms with van der Waals surface area (Å²) in [5.74, 6) is -3.48. The maximum absolute atomic E-state index is 14.4.